The number of allylic oxidation sites excluding steroid dienone is 4. The quantitative estimate of drug-likeness (QED) is 0.591. The standard InChI is InChI=1S/C9H13.C4H10N.2ClH.Zr/c1-6-5-7(2)9(4)8(6)3;1-2-3-4-5;;;/h6H,1-4H3;5H,2-4H2,1H3;2*1H;/q2*-1;;;+2. The molecule has 0 radical (unpaired) electrons. The van der Waals surface area contributed by atoms with Crippen LogP contribution in [0.5, 0.6) is 0 Å². The summed E-state index contributed by atoms with van der Waals surface area (Å²) in [6, 6.07) is 0. The number of unbranched alkanes of at least 4 members (excludes halogenated alkanes) is 1. The van der Waals surface area contributed by atoms with Crippen molar-refractivity contribution in [2.75, 3.05) is 6.54 Å². The minimum Gasteiger partial charge on any atom is -0.677 e. The van der Waals surface area contributed by atoms with Crippen LogP contribution in [0.3, 0.4) is 0 Å². The number of halogens is 2. The Morgan fingerprint density at radius 2 is 1.65 bits per heavy atom. The molecule has 0 aliphatic heterocycles. The molecule has 4 heteroatoms. The average Bonchev–Trinajstić information content (AvgIpc) is 2.36. The van der Waals surface area contributed by atoms with E-state index in [0.29, 0.717) is 12.5 Å². The monoisotopic (exact) mass is 355 g/mol. The average molecular weight is 357 g/mol. The van der Waals surface area contributed by atoms with Gasteiger partial charge in [0, 0.05) is 0 Å². The van der Waals surface area contributed by atoms with Crippen LogP contribution in [0, 0.1) is 12.0 Å². The van der Waals surface area contributed by atoms with Gasteiger partial charge in [0.15, 0.2) is 0 Å². The molecule has 0 aromatic rings. The van der Waals surface area contributed by atoms with Crippen molar-refractivity contribution in [1.29, 1.82) is 0 Å². The van der Waals surface area contributed by atoms with Gasteiger partial charge in [-0.2, -0.15) is 17.7 Å². The Kier molecular flexibility index (Phi) is 23.3. The summed E-state index contributed by atoms with van der Waals surface area (Å²) in [6.45, 7) is 11.4. The Morgan fingerprint density at radius 3 is 1.71 bits per heavy atom. The maximum atomic E-state index is 6.60. The summed E-state index contributed by atoms with van der Waals surface area (Å²) < 4.78 is 0. The van der Waals surface area contributed by atoms with Crippen molar-refractivity contribution in [3.63, 3.8) is 0 Å². The summed E-state index contributed by atoms with van der Waals surface area (Å²) in [6.07, 6.45) is 5.57. The first-order valence-corrected chi connectivity index (χ1v) is 5.47. The summed E-state index contributed by atoms with van der Waals surface area (Å²) in [7, 11) is 0. The molecule has 1 aliphatic carbocycles. The van der Waals surface area contributed by atoms with Crippen molar-refractivity contribution >= 4 is 24.8 Å². The van der Waals surface area contributed by atoms with Gasteiger partial charge in [0.1, 0.15) is 0 Å². The Morgan fingerprint density at radius 1 is 1.18 bits per heavy atom. The largest absolute Gasteiger partial charge is 2.00 e. The number of hydrogen-bond donors (Lipinski definition) is 0. The van der Waals surface area contributed by atoms with E-state index in [2.05, 4.69) is 40.7 Å². The third-order valence-electron chi connectivity index (χ3n) is 2.77. The van der Waals surface area contributed by atoms with Crippen LogP contribution in [0.1, 0.15) is 47.5 Å². The zero-order valence-electron chi connectivity index (χ0n) is 11.5. The Hall–Kier alpha value is 0.903. The van der Waals surface area contributed by atoms with E-state index in [9.17, 15) is 0 Å². The first-order chi connectivity index (χ1) is 6.54. The molecular formula is C13H25Cl2NZr. The molecule has 0 fully saturated rings. The van der Waals surface area contributed by atoms with Crippen molar-refractivity contribution in [2.45, 2.75) is 47.5 Å². The molecule has 0 spiro atoms. The van der Waals surface area contributed by atoms with Gasteiger partial charge in [0.2, 0.25) is 0 Å². The predicted molar refractivity (Wildman–Crippen MR) is 78.6 cm³/mol. The summed E-state index contributed by atoms with van der Waals surface area (Å²) in [4.78, 5) is 0. The van der Waals surface area contributed by atoms with Crippen molar-refractivity contribution < 1.29 is 26.2 Å². The van der Waals surface area contributed by atoms with Gasteiger partial charge in [-0.25, -0.2) is 5.57 Å². The molecule has 1 aliphatic rings. The first-order valence-electron chi connectivity index (χ1n) is 5.47. The smallest absolute Gasteiger partial charge is 0.677 e. The fourth-order valence-electron chi connectivity index (χ4n) is 1.34. The molecule has 0 aromatic carbocycles. The molecule has 1 nitrogen and oxygen atoms in total. The van der Waals surface area contributed by atoms with Crippen LogP contribution in [0.2, 0.25) is 0 Å². The zero-order valence-corrected chi connectivity index (χ0v) is 15.6. The molecule has 100 valence electrons. The molecule has 1 rings (SSSR count). The van der Waals surface area contributed by atoms with Gasteiger partial charge >= 0.3 is 26.2 Å². The second-order valence-electron chi connectivity index (χ2n) is 3.90. The molecule has 0 saturated carbocycles. The molecule has 0 aromatic heterocycles. The van der Waals surface area contributed by atoms with E-state index in [1.54, 1.807) is 0 Å². The Bertz CT molecular complexity index is 236. The molecule has 1 atom stereocenters. The molecule has 17 heavy (non-hydrogen) atoms. The maximum Gasteiger partial charge on any atom is 2.00 e. The van der Waals surface area contributed by atoms with Gasteiger partial charge in [0.05, 0.1) is 0 Å². The normalized spacial score (nSPS) is 16.8. The SMILES string of the molecule is CC1=[C-]C(C)C(C)=C1C.CCCC[NH-].Cl.Cl.[Zr+2]. The summed E-state index contributed by atoms with van der Waals surface area (Å²) in [5.74, 6) is 0.560. The van der Waals surface area contributed by atoms with Gasteiger partial charge in [-0.05, 0) is 0 Å². The van der Waals surface area contributed by atoms with E-state index < -0.39 is 0 Å². The molecule has 0 heterocycles. The Labute approximate surface area is 139 Å². The molecular weight excluding hydrogens is 332 g/mol. The second-order valence-corrected chi connectivity index (χ2v) is 3.90. The molecule has 1 unspecified atom stereocenters. The van der Waals surface area contributed by atoms with Gasteiger partial charge in [-0.15, -0.1) is 31.7 Å². The number of nitrogens with one attached hydrogen (secondary N) is 1. The molecule has 0 saturated heterocycles. The second kappa shape index (κ2) is 15.0. The van der Waals surface area contributed by atoms with Gasteiger partial charge in [-0.1, -0.05) is 46.5 Å². The van der Waals surface area contributed by atoms with Crippen LogP contribution >= 0.6 is 24.8 Å². The van der Waals surface area contributed by atoms with Crippen molar-refractivity contribution in [1.82, 2.24) is 0 Å². The van der Waals surface area contributed by atoms with E-state index in [-0.39, 0.29) is 51.0 Å². The summed E-state index contributed by atoms with van der Waals surface area (Å²) in [5, 5.41) is 0. The van der Waals surface area contributed by atoms with Crippen molar-refractivity contribution in [3.8, 4) is 0 Å². The van der Waals surface area contributed by atoms with E-state index in [1.165, 1.54) is 16.7 Å². The summed E-state index contributed by atoms with van der Waals surface area (Å²) in [5.41, 5.74) is 10.8. The fraction of sp³-hybridized carbons (Fsp3) is 0.692. The first kappa shape index (κ1) is 26.5. The van der Waals surface area contributed by atoms with E-state index >= 15 is 0 Å². The van der Waals surface area contributed by atoms with Crippen LogP contribution < -0.4 is 0 Å². The van der Waals surface area contributed by atoms with Crippen LogP contribution in [0.15, 0.2) is 16.7 Å². The predicted octanol–water partition coefficient (Wildman–Crippen LogP) is 5.40. The van der Waals surface area contributed by atoms with E-state index in [0.717, 1.165) is 12.8 Å². The third kappa shape index (κ3) is 10.5. The van der Waals surface area contributed by atoms with Crippen LogP contribution in [-0.4, -0.2) is 6.54 Å². The topological polar surface area (TPSA) is 23.8 Å². The van der Waals surface area contributed by atoms with Crippen LogP contribution in [0.25, 0.3) is 5.73 Å². The maximum absolute atomic E-state index is 6.60. The van der Waals surface area contributed by atoms with Crippen LogP contribution in [0.4, 0.5) is 0 Å². The third-order valence-corrected chi connectivity index (χ3v) is 2.77. The van der Waals surface area contributed by atoms with Gasteiger partial charge in [-0.3, -0.25) is 6.08 Å². The summed E-state index contributed by atoms with van der Waals surface area (Å²) >= 11 is 0. The minimum absolute atomic E-state index is 0. The van der Waals surface area contributed by atoms with E-state index in [1.807, 2.05) is 0 Å². The van der Waals surface area contributed by atoms with Crippen molar-refractivity contribution in [3.05, 3.63) is 28.5 Å². The van der Waals surface area contributed by atoms with E-state index in [4.69, 9.17) is 5.73 Å². The molecule has 0 amide bonds. The number of rotatable bonds is 2. The van der Waals surface area contributed by atoms with Crippen molar-refractivity contribution in [2.24, 2.45) is 5.92 Å². The minimum atomic E-state index is 0. The molecule has 1 N–H and O–H groups in total. The zero-order chi connectivity index (χ0) is 11.1. The van der Waals surface area contributed by atoms with Gasteiger partial charge < -0.3 is 5.73 Å². The fourth-order valence-corrected chi connectivity index (χ4v) is 1.34. The van der Waals surface area contributed by atoms with Crippen LogP contribution in [-0.2, 0) is 26.2 Å². The molecule has 0 bridgehead atoms. The number of hydrogen-bond acceptors (Lipinski definition) is 0. The Balaban J connectivity index is -0.0000000948. The van der Waals surface area contributed by atoms with Gasteiger partial charge in [0.25, 0.3) is 0 Å².